The summed E-state index contributed by atoms with van der Waals surface area (Å²) < 4.78 is 17.7. The van der Waals surface area contributed by atoms with Gasteiger partial charge in [-0.15, -0.1) is 10.3 Å². The van der Waals surface area contributed by atoms with Crippen LogP contribution >= 0.6 is 10.3 Å². The maximum atomic E-state index is 12.9. The lowest BCUT2D eigenvalue weighted by Gasteiger charge is -2.47. The third kappa shape index (κ3) is 7.09. The molecule has 1 amide bonds. The molecular weight excluding hydrogens is 460 g/mol. The molecule has 0 N–H and O–H groups in total. The molecule has 10 heteroatoms. The predicted octanol–water partition coefficient (Wildman–Crippen LogP) is 5.31. The SMILES string of the molecule is CCS(C)(O[C@@H]1C[C@@H](COC(=O)c2ccc([N+](=O)[O-])cc2)N(C(=O)OC(C)(C)C)C1)C(C)(C)C. The molecule has 3 atom stereocenters. The number of esters is 1. The second-order valence-electron chi connectivity index (χ2n) is 10.5. The lowest BCUT2D eigenvalue weighted by Crippen LogP contribution is -2.42. The number of benzene rings is 1. The number of rotatable bonds is 7. The maximum Gasteiger partial charge on any atom is 0.410 e. The normalized spacial score (nSPS) is 21.5. The molecule has 1 heterocycles. The molecular formula is C24H38N2O7S. The summed E-state index contributed by atoms with van der Waals surface area (Å²) in [4.78, 5) is 37.3. The van der Waals surface area contributed by atoms with Crippen molar-refractivity contribution in [1.82, 2.24) is 4.90 Å². The Kier molecular flexibility index (Phi) is 8.63. The minimum atomic E-state index is -1.41. The van der Waals surface area contributed by atoms with Crippen molar-refractivity contribution in [1.29, 1.82) is 0 Å². The molecule has 192 valence electrons. The number of ether oxygens (including phenoxy) is 2. The van der Waals surface area contributed by atoms with E-state index in [1.807, 2.05) is 0 Å². The van der Waals surface area contributed by atoms with Crippen LogP contribution in [0.1, 0.15) is 65.2 Å². The zero-order valence-corrected chi connectivity index (χ0v) is 22.3. The summed E-state index contributed by atoms with van der Waals surface area (Å²) in [5.41, 5.74) is -0.565. The molecule has 0 saturated carbocycles. The standard InChI is InChI=1S/C24H38N2O7S/c1-9-34(8,24(5,6)7)33-20-14-19(25(15-20)22(28)32-23(2,3)4)16-31-21(27)17-10-12-18(13-11-17)26(29)30/h10-13,19-20H,9,14-16H2,1-8H3/t19-,20+/m0/s1. The zero-order valence-electron chi connectivity index (χ0n) is 21.5. The Labute approximate surface area is 203 Å². The van der Waals surface area contributed by atoms with Crippen molar-refractivity contribution in [3.8, 4) is 0 Å². The molecule has 1 saturated heterocycles. The van der Waals surface area contributed by atoms with Crippen molar-refractivity contribution >= 4 is 28.1 Å². The third-order valence-electron chi connectivity index (χ3n) is 5.92. The van der Waals surface area contributed by atoms with Gasteiger partial charge in [-0.1, -0.05) is 27.7 Å². The van der Waals surface area contributed by atoms with Crippen molar-refractivity contribution in [2.75, 3.05) is 25.2 Å². The molecule has 1 fully saturated rings. The summed E-state index contributed by atoms with van der Waals surface area (Å²) in [5, 5.41) is 10.8. The number of nitro groups is 1. The van der Waals surface area contributed by atoms with Gasteiger partial charge >= 0.3 is 12.1 Å². The van der Waals surface area contributed by atoms with E-state index in [1.165, 1.54) is 24.3 Å². The highest BCUT2D eigenvalue weighted by Crippen LogP contribution is 2.58. The Morgan fingerprint density at radius 1 is 1.15 bits per heavy atom. The second kappa shape index (κ2) is 10.5. The van der Waals surface area contributed by atoms with Crippen molar-refractivity contribution in [3.05, 3.63) is 39.9 Å². The number of likely N-dealkylation sites (tertiary alicyclic amines) is 1. The van der Waals surface area contributed by atoms with Crippen LogP contribution in [-0.4, -0.2) is 69.5 Å². The second-order valence-corrected chi connectivity index (χ2v) is 14.6. The van der Waals surface area contributed by atoms with Crippen LogP contribution in [0.5, 0.6) is 0 Å². The number of hydrogen-bond acceptors (Lipinski definition) is 7. The monoisotopic (exact) mass is 498 g/mol. The molecule has 1 aromatic carbocycles. The topological polar surface area (TPSA) is 108 Å². The lowest BCUT2D eigenvalue weighted by atomic mass is 10.2. The first-order chi connectivity index (χ1) is 15.6. The number of carbonyl (C=O) groups excluding carboxylic acids is 2. The minimum absolute atomic E-state index is 0.0252. The predicted molar refractivity (Wildman–Crippen MR) is 133 cm³/mol. The first-order valence-electron chi connectivity index (χ1n) is 11.4. The van der Waals surface area contributed by atoms with Crippen molar-refractivity contribution in [2.24, 2.45) is 0 Å². The van der Waals surface area contributed by atoms with Crippen LogP contribution in [0.2, 0.25) is 0 Å². The Morgan fingerprint density at radius 3 is 2.21 bits per heavy atom. The quantitative estimate of drug-likeness (QED) is 0.285. The van der Waals surface area contributed by atoms with E-state index in [-0.39, 0.29) is 28.7 Å². The van der Waals surface area contributed by atoms with Crippen molar-refractivity contribution in [2.45, 2.75) is 77.4 Å². The smallest absolute Gasteiger partial charge is 0.410 e. The summed E-state index contributed by atoms with van der Waals surface area (Å²) in [6, 6.07) is 4.81. The van der Waals surface area contributed by atoms with Crippen LogP contribution in [-0.2, 0) is 13.7 Å². The molecule has 1 aliphatic heterocycles. The Hall–Kier alpha value is -2.33. The molecule has 9 nitrogen and oxygen atoms in total. The fourth-order valence-corrected chi connectivity index (χ4v) is 5.60. The van der Waals surface area contributed by atoms with Gasteiger partial charge in [-0.2, -0.15) is 0 Å². The Bertz CT molecular complexity index is 892. The highest BCUT2D eigenvalue weighted by Gasteiger charge is 2.43. The molecule has 2 rings (SSSR count). The Morgan fingerprint density at radius 2 is 1.74 bits per heavy atom. The molecule has 1 unspecified atom stereocenters. The average molecular weight is 499 g/mol. The highest BCUT2D eigenvalue weighted by atomic mass is 32.3. The van der Waals surface area contributed by atoms with E-state index in [9.17, 15) is 19.7 Å². The molecule has 0 aromatic heterocycles. The van der Waals surface area contributed by atoms with E-state index in [4.69, 9.17) is 13.7 Å². The van der Waals surface area contributed by atoms with Gasteiger partial charge in [0, 0.05) is 23.3 Å². The summed E-state index contributed by atoms with van der Waals surface area (Å²) in [6.45, 7) is 14.3. The Balaban J connectivity index is 2.14. The van der Waals surface area contributed by atoms with E-state index < -0.39 is 38.9 Å². The van der Waals surface area contributed by atoms with Gasteiger partial charge in [-0.05, 0) is 44.9 Å². The molecule has 0 bridgehead atoms. The van der Waals surface area contributed by atoms with Gasteiger partial charge in [-0.3, -0.25) is 15.0 Å². The van der Waals surface area contributed by atoms with Crippen LogP contribution in [0.3, 0.4) is 0 Å². The van der Waals surface area contributed by atoms with Crippen molar-refractivity contribution < 1.29 is 28.2 Å². The van der Waals surface area contributed by atoms with Crippen molar-refractivity contribution in [3.63, 3.8) is 0 Å². The van der Waals surface area contributed by atoms with Crippen LogP contribution in [0.15, 0.2) is 24.3 Å². The maximum absolute atomic E-state index is 12.9. The van der Waals surface area contributed by atoms with Gasteiger partial charge in [0.1, 0.15) is 12.2 Å². The van der Waals surface area contributed by atoms with Crippen LogP contribution in [0.4, 0.5) is 10.5 Å². The van der Waals surface area contributed by atoms with Crippen LogP contribution < -0.4 is 0 Å². The fraction of sp³-hybridized carbons (Fsp3) is 0.667. The van der Waals surface area contributed by atoms with E-state index in [0.717, 1.165) is 5.75 Å². The first-order valence-corrected chi connectivity index (χ1v) is 13.5. The third-order valence-corrected chi connectivity index (χ3v) is 10.3. The molecule has 1 aliphatic rings. The summed E-state index contributed by atoms with van der Waals surface area (Å²) in [5.74, 6) is 0.279. The van der Waals surface area contributed by atoms with E-state index in [1.54, 1.807) is 25.7 Å². The summed E-state index contributed by atoms with van der Waals surface area (Å²) >= 11 is 0. The number of nitrogens with zero attached hydrogens (tertiary/aromatic N) is 2. The fourth-order valence-electron chi connectivity index (χ4n) is 3.57. The number of carbonyl (C=O) groups is 2. The van der Waals surface area contributed by atoms with Gasteiger partial charge in [0.15, 0.2) is 0 Å². The zero-order chi connectivity index (χ0) is 25.9. The number of non-ortho nitro benzene ring substituents is 1. The van der Waals surface area contributed by atoms with Crippen LogP contribution in [0, 0.1) is 10.1 Å². The average Bonchev–Trinajstić information content (AvgIpc) is 3.12. The summed E-state index contributed by atoms with van der Waals surface area (Å²) in [6.07, 6.45) is 2.01. The number of nitro benzene ring substituents is 1. The molecule has 34 heavy (non-hydrogen) atoms. The van der Waals surface area contributed by atoms with E-state index in [2.05, 4.69) is 34.0 Å². The highest BCUT2D eigenvalue weighted by molar-refractivity contribution is 8.30. The largest absolute Gasteiger partial charge is 0.460 e. The molecule has 0 radical (unpaired) electrons. The summed E-state index contributed by atoms with van der Waals surface area (Å²) in [7, 11) is -1.41. The van der Waals surface area contributed by atoms with Gasteiger partial charge in [-0.25, -0.2) is 9.59 Å². The molecule has 0 aliphatic carbocycles. The lowest BCUT2D eigenvalue weighted by molar-refractivity contribution is -0.384. The van der Waals surface area contributed by atoms with Gasteiger partial charge < -0.3 is 13.7 Å². The number of amides is 1. The van der Waals surface area contributed by atoms with Gasteiger partial charge in [0.2, 0.25) is 0 Å². The van der Waals surface area contributed by atoms with Crippen LogP contribution in [0.25, 0.3) is 0 Å². The first kappa shape index (κ1) is 27.9. The molecule has 0 spiro atoms. The van der Waals surface area contributed by atoms with Gasteiger partial charge in [0.25, 0.3) is 5.69 Å². The minimum Gasteiger partial charge on any atom is -0.460 e. The number of hydrogen-bond donors (Lipinski definition) is 0. The molecule has 1 aromatic rings. The van der Waals surface area contributed by atoms with Gasteiger partial charge in [0.05, 0.1) is 29.2 Å². The van der Waals surface area contributed by atoms with E-state index in [0.29, 0.717) is 13.0 Å². The van der Waals surface area contributed by atoms with E-state index >= 15 is 0 Å².